The summed E-state index contributed by atoms with van der Waals surface area (Å²) in [6.07, 6.45) is 7.34. The van der Waals surface area contributed by atoms with Crippen molar-refractivity contribution >= 4 is 62.8 Å². The number of aliphatic hydroxyl groups is 1. The maximum atomic E-state index is 13.4. The largest absolute Gasteiger partial charge is 0.506 e. The Bertz CT molecular complexity index is 1720. The molecule has 1 aromatic heterocycles. The number of hydrogen-bond acceptors (Lipinski definition) is 3. The van der Waals surface area contributed by atoms with Gasteiger partial charge in [0, 0.05) is 24.2 Å². The third kappa shape index (κ3) is 6.64. The number of benzene rings is 2. The fraction of sp³-hybridized carbons (Fsp3) is 0.222. The smallest absolute Gasteiger partial charge is 0.360 e. The van der Waals surface area contributed by atoms with Crippen LogP contribution in [0.5, 0.6) is 0 Å². The Balaban J connectivity index is 1.54. The molecule has 4 nitrogen and oxygen atoms in total. The minimum atomic E-state index is -0.245. The molecule has 0 unspecified atom stereocenters. The molecule has 0 radical (unpaired) electrons. The second kappa shape index (κ2) is 11.6. The van der Waals surface area contributed by atoms with Gasteiger partial charge in [-0.05, 0) is 138 Å². The molecule has 0 saturated carbocycles. The monoisotopic (exact) mass is 783 g/mol. The number of carbonyl (C=O) groups excluding carboxylic acids is 1. The predicted molar refractivity (Wildman–Crippen MR) is 186 cm³/mol. The normalized spacial score (nSPS) is 17.7. The number of halogens is 2. The summed E-state index contributed by atoms with van der Waals surface area (Å²) < 4.78 is 14.8. The summed E-state index contributed by atoms with van der Waals surface area (Å²) in [6, 6.07) is 20.1. The second-order valence-corrected chi connectivity index (χ2v) is 15.0. The van der Waals surface area contributed by atoms with Crippen LogP contribution in [-0.4, -0.2) is 10.9 Å². The van der Waals surface area contributed by atoms with Crippen LogP contribution in [0.2, 0.25) is 0 Å². The van der Waals surface area contributed by atoms with Crippen LogP contribution in [0.1, 0.15) is 58.4 Å². The van der Waals surface area contributed by atoms with E-state index < -0.39 is 0 Å². The Morgan fingerprint density at radius 1 is 0.786 bits per heavy atom. The van der Waals surface area contributed by atoms with Gasteiger partial charge in [-0.15, -0.1) is 0 Å². The molecule has 2 heterocycles. The Morgan fingerprint density at radius 2 is 1.38 bits per heavy atom. The molecule has 3 aromatic rings. The van der Waals surface area contributed by atoms with Crippen molar-refractivity contribution in [1.82, 2.24) is 0 Å². The van der Waals surface area contributed by atoms with Crippen molar-refractivity contribution in [3.8, 4) is 11.3 Å². The van der Waals surface area contributed by atoms with E-state index in [2.05, 4.69) is 86.7 Å². The average Bonchev–Trinajstić information content (AvgIpc) is 2.94. The van der Waals surface area contributed by atoms with Crippen molar-refractivity contribution in [3.63, 3.8) is 0 Å². The zero-order valence-corrected chi connectivity index (χ0v) is 28.8. The zero-order valence-electron chi connectivity index (χ0n) is 24.5. The number of carbonyl (C=O) groups is 1. The van der Waals surface area contributed by atoms with Gasteiger partial charge in [0.2, 0.25) is 5.78 Å². The van der Waals surface area contributed by atoms with Gasteiger partial charge in [-0.3, -0.25) is 4.79 Å². The lowest BCUT2D eigenvalue weighted by Crippen LogP contribution is -2.21. The van der Waals surface area contributed by atoms with Gasteiger partial charge in [-0.2, -0.15) is 0 Å². The highest BCUT2D eigenvalue weighted by Gasteiger charge is 2.34. The molecule has 1 aliphatic carbocycles. The van der Waals surface area contributed by atoms with E-state index in [0.29, 0.717) is 11.5 Å². The first kappa shape index (κ1) is 30.5. The lowest BCUT2D eigenvalue weighted by atomic mass is 9.84. The topological polar surface area (TPSA) is 57.8 Å². The number of ketones is 1. The first-order valence-electron chi connectivity index (χ1n) is 13.7. The van der Waals surface area contributed by atoms with Crippen molar-refractivity contribution < 1.29 is 19.1 Å². The fourth-order valence-corrected chi connectivity index (χ4v) is 5.23. The molecule has 2 aliphatic rings. The number of hydrogen-bond donors (Lipinski definition) is 1. The van der Waals surface area contributed by atoms with Crippen molar-refractivity contribution in [3.05, 3.63) is 131 Å². The maximum absolute atomic E-state index is 13.4. The maximum Gasteiger partial charge on any atom is 0.360 e. The fourth-order valence-electron chi connectivity index (χ4n) is 4.51. The Kier molecular flexibility index (Phi) is 8.42. The van der Waals surface area contributed by atoms with E-state index in [1.54, 1.807) is 12.2 Å². The first-order valence-corrected chi connectivity index (χ1v) is 15.9. The number of ether oxygens (including phenoxy) is 1. The zero-order chi connectivity index (χ0) is 30.4. The summed E-state index contributed by atoms with van der Waals surface area (Å²) in [4.78, 5) is 13.4. The van der Waals surface area contributed by atoms with Gasteiger partial charge in [0.05, 0.1) is 28.2 Å². The van der Waals surface area contributed by atoms with Crippen LogP contribution in [-0.2, 0) is 14.9 Å². The summed E-state index contributed by atoms with van der Waals surface area (Å²) in [7, 11) is 0. The highest BCUT2D eigenvalue weighted by Crippen LogP contribution is 2.39. The summed E-state index contributed by atoms with van der Waals surface area (Å²) >= 11 is 4.55. The van der Waals surface area contributed by atoms with E-state index >= 15 is 0 Å². The molecule has 0 bridgehead atoms. The minimum absolute atomic E-state index is 0.0113. The number of aliphatic hydroxyl groups excluding tert-OH is 1. The molecule has 5 rings (SSSR count). The average molecular weight is 783 g/mol. The summed E-state index contributed by atoms with van der Waals surface area (Å²) in [5.41, 5.74) is 3.57. The quantitative estimate of drug-likeness (QED) is 0.163. The third-order valence-electron chi connectivity index (χ3n) is 6.99. The molecule has 0 saturated heterocycles. The van der Waals surface area contributed by atoms with E-state index in [1.165, 1.54) is 0 Å². The molecule has 0 spiro atoms. The van der Waals surface area contributed by atoms with Crippen LogP contribution in [0, 0.1) is 12.6 Å². The minimum Gasteiger partial charge on any atom is -0.506 e. The summed E-state index contributed by atoms with van der Waals surface area (Å²) in [5, 5.41) is 11.1. The van der Waals surface area contributed by atoms with E-state index in [9.17, 15) is 9.90 Å². The molecule has 0 fully saturated rings. The number of allylic oxidation sites excluding steroid dienone is 7. The van der Waals surface area contributed by atoms with Crippen molar-refractivity contribution in [2.45, 2.75) is 47.0 Å². The molecular formula is C36H33I2O4+. The Morgan fingerprint density at radius 3 is 1.93 bits per heavy atom. The lowest BCUT2D eigenvalue weighted by molar-refractivity contribution is -0.113. The van der Waals surface area contributed by atoms with Crippen LogP contribution in [0.4, 0.5) is 0 Å². The molecule has 2 aromatic carbocycles. The van der Waals surface area contributed by atoms with Gasteiger partial charge in [-0.25, -0.2) is 4.42 Å². The molecule has 0 amide bonds. The molecule has 1 N–H and O–H groups in total. The van der Waals surface area contributed by atoms with Gasteiger partial charge in [0.25, 0.3) is 0 Å². The second-order valence-electron chi connectivity index (χ2n) is 12.5. The molecule has 214 valence electrons. The van der Waals surface area contributed by atoms with Crippen LogP contribution in [0.3, 0.4) is 0 Å². The SMILES string of the molecule is CC(C)(C)C1=CC(=CC2=C(O)C(=Cc3cc(-c4ccc(I)cc4)[o+]c(C(C)(C)C)c3)C2=O)C=C(c2ccc(I)cc2)O1. The summed E-state index contributed by atoms with van der Waals surface area (Å²) in [6.45, 7) is 12.5. The molecule has 42 heavy (non-hydrogen) atoms. The first-order chi connectivity index (χ1) is 19.7. The van der Waals surface area contributed by atoms with Gasteiger partial charge in [-0.1, -0.05) is 32.9 Å². The molecule has 6 heteroatoms. The summed E-state index contributed by atoms with van der Waals surface area (Å²) in [5.74, 6) is 2.78. The Hall–Kier alpha value is -2.98. The predicted octanol–water partition coefficient (Wildman–Crippen LogP) is 10.4. The van der Waals surface area contributed by atoms with Crippen molar-refractivity contribution in [2.75, 3.05) is 0 Å². The van der Waals surface area contributed by atoms with E-state index in [-0.39, 0.29) is 33.5 Å². The van der Waals surface area contributed by atoms with Gasteiger partial charge in [0.15, 0.2) is 0 Å². The van der Waals surface area contributed by atoms with Gasteiger partial charge in [0.1, 0.15) is 17.3 Å². The number of rotatable bonds is 4. The van der Waals surface area contributed by atoms with Crippen LogP contribution in [0.25, 0.3) is 23.2 Å². The highest BCUT2D eigenvalue weighted by atomic mass is 127. The van der Waals surface area contributed by atoms with Gasteiger partial charge < -0.3 is 9.84 Å². The van der Waals surface area contributed by atoms with E-state index in [0.717, 1.165) is 40.9 Å². The van der Waals surface area contributed by atoms with E-state index in [4.69, 9.17) is 9.15 Å². The van der Waals surface area contributed by atoms with Crippen molar-refractivity contribution in [2.24, 2.45) is 5.41 Å². The van der Waals surface area contributed by atoms with Crippen LogP contribution >= 0.6 is 45.2 Å². The van der Waals surface area contributed by atoms with Crippen LogP contribution in [0.15, 0.2) is 112 Å². The molecular weight excluding hydrogens is 750 g/mol. The number of Topliss-reactive ketones (excluding diaryl/α,β-unsaturated/α-hetero) is 1. The van der Waals surface area contributed by atoms with E-state index in [1.807, 2.05) is 72.8 Å². The third-order valence-corrected chi connectivity index (χ3v) is 8.43. The lowest BCUT2D eigenvalue weighted by Gasteiger charge is -2.28. The van der Waals surface area contributed by atoms with Crippen LogP contribution < -0.4 is 0 Å². The van der Waals surface area contributed by atoms with Crippen molar-refractivity contribution in [1.29, 1.82) is 0 Å². The molecule has 1 aliphatic heterocycles. The Labute approximate surface area is 274 Å². The molecule has 0 atom stereocenters. The van der Waals surface area contributed by atoms with Gasteiger partial charge >= 0.3 is 11.5 Å². The standard InChI is InChI=1S/C36H32I2O4/c1-35(2,3)31-19-21(17-29(41-31)23-7-11-25(37)12-8-23)15-27-33(39)28(34(27)40)16-22-18-30(24-9-13-26(38)14-10-24)42-32(20-22)36(4,5)6/h7-20H,1-6H3/p+1. The highest BCUT2D eigenvalue weighted by molar-refractivity contribution is 14.1.